The SMILES string of the molecule is CC(C)(C)OC(=O)N1CCC(c2cn3cc(Br)cc(F)c3n2)CC1. The zero-order valence-electron chi connectivity index (χ0n) is 14.1. The predicted molar refractivity (Wildman–Crippen MR) is 92.6 cm³/mol. The number of hydrogen-bond donors (Lipinski definition) is 0. The monoisotopic (exact) mass is 397 g/mol. The van der Waals surface area contributed by atoms with Crippen molar-refractivity contribution in [1.29, 1.82) is 0 Å². The van der Waals surface area contributed by atoms with Crippen LogP contribution >= 0.6 is 15.9 Å². The average Bonchev–Trinajstić information content (AvgIpc) is 2.90. The summed E-state index contributed by atoms with van der Waals surface area (Å²) in [5, 5.41) is 0. The maximum atomic E-state index is 14.0. The van der Waals surface area contributed by atoms with Gasteiger partial charge >= 0.3 is 6.09 Å². The number of hydrogen-bond acceptors (Lipinski definition) is 3. The summed E-state index contributed by atoms with van der Waals surface area (Å²) in [7, 11) is 0. The number of rotatable bonds is 1. The van der Waals surface area contributed by atoms with Gasteiger partial charge in [0.2, 0.25) is 0 Å². The van der Waals surface area contributed by atoms with E-state index >= 15 is 0 Å². The Hall–Kier alpha value is -1.63. The van der Waals surface area contributed by atoms with Gasteiger partial charge in [-0.3, -0.25) is 0 Å². The minimum Gasteiger partial charge on any atom is -0.444 e. The number of aromatic nitrogens is 2. The Morgan fingerprint density at radius 1 is 1.33 bits per heavy atom. The number of piperidine rings is 1. The van der Waals surface area contributed by atoms with E-state index in [2.05, 4.69) is 20.9 Å². The molecule has 0 aromatic carbocycles. The van der Waals surface area contributed by atoms with Crippen LogP contribution in [0.15, 0.2) is 22.9 Å². The molecule has 1 aliphatic rings. The molecule has 7 heteroatoms. The highest BCUT2D eigenvalue weighted by Gasteiger charge is 2.28. The van der Waals surface area contributed by atoms with Gasteiger partial charge in [-0.1, -0.05) is 0 Å². The van der Waals surface area contributed by atoms with Crippen molar-refractivity contribution >= 4 is 27.7 Å². The van der Waals surface area contributed by atoms with Crippen LogP contribution in [0.4, 0.5) is 9.18 Å². The summed E-state index contributed by atoms with van der Waals surface area (Å²) in [6, 6.07) is 1.41. The largest absolute Gasteiger partial charge is 0.444 e. The fraction of sp³-hybridized carbons (Fsp3) is 0.529. The molecule has 1 aliphatic heterocycles. The first-order chi connectivity index (χ1) is 11.2. The predicted octanol–water partition coefficient (Wildman–Crippen LogP) is 4.35. The normalized spacial score (nSPS) is 16.6. The second-order valence-corrected chi connectivity index (χ2v) is 8.06. The lowest BCUT2D eigenvalue weighted by atomic mass is 9.94. The molecule has 1 saturated heterocycles. The molecule has 3 heterocycles. The molecular formula is C17H21BrFN3O2. The molecule has 0 radical (unpaired) electrons. The molecule has 0 spiro atoms. The Bertz CT molecular complexity index is 761. The van der Waals surface area contributed by atoms with Crippen LogP contribution in [0.3, 0.4) is 0 Å². The lowest BCUT2D eigenvalue weighted by Gasteiger charge is -2.32. The van der Waals surface area contributed by atoms with Crippen molar-refractivity contribution in [1.82, 2.24) is 14.3 Å². The van der Waals surface area contributed by atoms with E-state index in [9.17, 15) is 9.18 Å². The third-order valence-corrected chi connectivity index (χ3v) is 4.49. The number of pyridine rings is 1. The van der Waals surface area contributed by atoms with Gasteiger partial charge in [-0.2, -0.15) is 0 Å². The van der Waals surface area contributed by atoms with Crippen molar-refractivity contribution in [3.8, 4) is 0 Å². The van der Waals surface area contributed by atoms with Crippen molar-refractivity contribution < 1.29 is 13.9 Å². The minimum absolute atomic E-state index is 0.224. The van der Waals surface area contributed by atoms with Gasteiger partial charge in [-0.25, -0.2) is 14.2 Å². The number of carbonyl (C=O) groups excluding carboxylic acids is 1. The number of ether oxygens (including phenoxy) is 1. The molecule has 5 nitrogen and oxygen atoms in total. The Labute approximate surface area is 148 Å². The summed E-state index contributed by atoms with van der Waals surface area (Å²) >= 11 is 3.29. The van der Waals surface area contributed by atoms with Crippen LogP contribution in [0.1, 0.15) is 45.2 Å². The highest BCUT2D eigenvalue weighted by atomic mass is 79.9. The topological polar surface area (TPSA) is 46.8 Å². The molecule has 0 atom stereocenters. The fourth-order valence-electron chi connectivity index (χ4n) is 2.92. The van der Waals surface area contributed by atoms with Crippen LogP contribution in [-0.2, 0) is 4.74 Å². The molecule has 0 aliphatic carbocycles. The maximum absolute atomic E-state index is 14.0. The zero-order valence-corrected chi connectivity index (χ0v) is 15.6. The van der Waals surface area contributed by atoms with Crippen LogP contribution < -0.4 is 0 Å². The third kappa shape index (κ3) is 3.71. The Morgan fingerprint density at radius 2 is 2.00 bits per heavy atom. The van der Waals surface area contributed by atoms with Gasteiger partial charge in [0.15, 0.2) is 11.5 Å². The number of nitrogens with zero attached hydrogens (tertiary/aromatic N) is 3. The molecule has 0 N–H and O–H groups in total. The summed E-state index contributed by atoms with van der Waals surface area (Å²) in [5.41, 5.74) is 0.721. The number of halogens is 2. The molecular weight excluding hydrogens is 377 g/mol. The molecule has 1 amide bonds. The maximum Gasteiger partial charge on any atom is 0.410 e. The first-order valence-electron chi connectivity index (χ1n) is 8.04. The van der Waals surface area contributed by atoms with E-state index in [-0.39, 0.29) is 17.8 Å². The second-order valence-electron chi connectivity index (χ2n) is 7.14. The smallest absolute Gasteiger partial charge is 0.410 e. The average molecular weight is 398 g/mol. The van der Waals surface area contributed by atoms with Gasteiger partial charge in [0.1, 0.15) is 5.60 Å². The summed E-state index contributed by atoms with van der Waals surface area (Å²) in [4.78, 5) is 18.3. The molecule has 0 saturated carbocycles. The quantitative estimate of drug-likeness (QED) is 0.718. The van der Waals surface area contributed by atoms with Gasteiger partial charge in [0.25, 0.3) is 0 Å². The lowest BCUT2D eigenvalue weighted by molar-refractivity contribution is 0.0204. The van der Waals surface area contributed by atoms with E-state index in [0.29, 0.717) is 23.2 Å². The van der Waals surface area contributed by atoms with Gasteiger partial charge < -0.3 is 14.0 Å². The third-order valence-electron chi connectivity index (χ3n) is 4.06. The van der Waals surface area contributed by atoms with E-state index < -0.39 is 5.60 Å². The van der Waals surface area contributed by atoms with Crippen molar-refractivity contribution in [2.75, 3.05) is 13.1 Å². The molecule has 130 valence electrons. The van der Waals surface area contributed by atoms with Crippen molar-refractivity contribution in [3.05, 3.63) is 34.4 Å². The molecule has 0 unspecified atom stereocenters. The summed E-state index contributed by atoms with van der Waals surface area (Å²) in [6.07, 6.45) is 4.99. The Kier molecular flexibility index (Phi) is 4.55. The molecule has 24 heavy (non-hydrogen) atoms. The number of carbonyl (C=O) groups is 1. The Balaban J connectivity index is 1.69. The minimum atomic E-state index is -0.486. The number of imidazole rings is 1. The van der Waals surface area contributed by atoms with Crippen molar-refractivity contribution in [2.24, 2.45) is 0 Å². The van der Waals surface area contributed by atoms with Crippen LogP contribution in [0, 0.1) is 5.82 Å². The first kappa shape index (κ1) is 17.2. The number of likely N-dealkylation sites (tertiary alicyclic amines) is 1. The standard InChI is InChI=1S/C17H21BrFN3O2/c1-17(2,3)24-16(23)21-6-4-11(5-7-21)14-10-22-9-12(18)8-13(19)15(22)20-14/h8-11H,4-7H2,1-3H3. The van der Waals surface area contributed by atoms with Crippen LogP contribution in [0.25, 0.3) is 5.65 Å². The van der Waals surface area contributed by atoms with Crippen molar-refractivity contribution in [2.45, 2.75) is 45.1 Å². The van der Waals surface area contributed by atoms with E-state index in [1.165, 1.54) is 6.07 Å². The summed E-state index contributed by atoms with van der Waals surface area (Å²) < 4.78 is 21.8. The lowest BCUT2D eigenvalue weighted by Crippen LogP contribution is -2.41. The number of fused-ring (bicyclic) bond motifs is 1. The highest BCUT2D eigenvalue weighted by Crippen LogP contribution is 2.29. The van der Waals surface area contributed by atoms with E-state index in [4.69, 9.17) is 4.74 Å². The van der Waals surface area contributed by atoms with Gasteiger partial charge in [-0.05, 0) is 55.6 Å². The Morgan fingerprint density at radius 3 is 2.62 bits per heavy atom. The van der Waals surface area contributed by atoms with Crippen LogP contribution in [-0.4, -0.2) is 39.1 Å². The fourth-order valence-corrected chi connectivity index (χ4v) is 3.35. The molecule has 1 fully saturated rings. The van der Waals surface area contributed by atoms with Crippen molar-refractivity contribution in [3.63, 3.8) is 0 Å². The molecule has 3 rings (SSSR count). The molecule has 2 aromatic heterocycles. The zero-order chi connectivity index (χ0) is 17.5. The number of amides is 1. The van der Waals surface area contributed by atoms with Gasteiger partial charge in [-0.15, -0.1) is 0 Å². The van der Waals surface area contributed by atoms with Gasteiger partial charge in [0.05, 0.1) is 5.69 Å². The van der Waals surface area contributed by atoms with Gasteiger partial charge in [0, 0.05) is 35.9 Å². The second kappa shape index (κ2) is 6.35. The summed E-state index contributed by atoms with van der Waals surface area (Å²) in [6.45, 7) is 6.84. The highest BCUT2D eigenvalue weighted by molar-refractivity contribution is 9.10. The van der Waals surface area contributed by atoms with Crippen LogP contribution in [0.5, 0.6) is 0 Å². The van der Waals surface area contributed by atoms with Crippen LogP contribution in [0.2, 0.25) is 0 Å². The first-order valence-corrected chi connectivity index (χ1v) is 8.84. The molecule has 0 bridgehead atoms. The van der Waals surface area contributed by atoms with E-state index in [1.807, 2.05) is 27.0 Å². The van der Waals surface area contributed by atoms with E-state index in [0.717, 1.165) is 18.5 Å². The summed E-state index contributed by atoms with van der Waals surface area (Å²) in [5.74, 6) is -0.122. The molecule has 2 aromatic rings. The van der Waals surface area contributed by atoms with E-state index in [1.54, 1.807) is 15.5 Å².